The Hall–Kier alpha value is -2.59. The number of rotatable bonds is 5. The molecule has 0 atom stereocenters. The number of thioether (sulfide) groups is 1. The van der Waals surface area contributed by atoms with Gasteiger partial charge < -0.3 is 10.3 Å². The molecule has 2 N–H and O–H groups in total. The highest BCUT2D eigenvalue weighted by Crippen LogP contribution is 2.16. The summed E-state index contributed by atoms with van der Waals surface area (Å²) in [6, 6.07) is 9.34. The zero-order valence-corrected chi connectivity index (χ0v) is 13.7. The first-order chi connectivity index (χ1) is 11.0. The summed E-state index contributed by atoms with van der Waals surface area (Å²) in [5.74, 6) is -0.0684. The van der Waals surface area contributed by atoms with Gasteiger partial charge >= 0.3 is 0 Å². The highest BCUT2D eigenvalue weighted by atomic mass is 32.2. The average Bonchev–Trinajstić information content (AvgIpc) is 2.54. The van der Waals surface area contributed by atoms with Gasteiger partial charge in [-0.3, -0.25) is 9.59 Å². The van der Waals surface area contributed by atoms with Crippen molar-refractivity contribution < 1.29 is 4.79 Å². The first-order valence-corrected chi connectivity index (χ1v) is 8.05. The molecule has 0 saturated heterocycles. The number of nitrogens with zero attached hydrogens (tertiary/aromatic N) is 2. The van der Waals surface area contributed by atoms with E-state index >= 15 is 0 Å². The largest absolute Gasteiger partial charge is 0.325 e. The van der Waals surface area contributed by atoms with Gasteiger partial charge in [0.2, 0.25) is 5.91 Å². The van der Waals surface area contributed by atoms with E-state index in [9.17, 15) is 9.59 Å². The molecule has 2 rings (SSSR count). The summed E-state index contributed by atoms with van der Waals surface area (Å²) in [5, 5.41) is 12.1. The van der Waals surface area contributed by atoms with Gasteiger partial charge in [0, 0.05) is 5.69 Å². The summed E-state index contributed by atoms with van der Waals surface area (Å²) in [6.07, 6.45) is 0.482. The summed E-state index contributed by atoms with van der Waals surface area (Å²) in [5.41, 5.74) is 1.73. The van der Waals surface area contributed by atoms with Crippen LogP contribution in [0.15, 0.2) is 34.2 Å². The van der Waals surface area contributed by atoms with Crippen molar-refractivity contribution in [2.75, 3.05) is 11.1 Å². The minimum absolute atomic E-state index is 0.0289. The van der Waals surface area contributed by atoms with Gasteiger partial charge in [-0.2, -0.15) is 5.26 Å². The Bertz CT molecular complexity index is 824. The molecule has 2 aromatic rings. The van der Waals surface area contributed by atoms with E-state index in [1.165, 1.54) is 0 Å². The van der Waals surface area contributed by atoms with Gasteiger partial charge in [0.1, 0.15) is 11.6 Å². The molecule has 0 radical (unpaired) electrons. The number of H-pyrrole nitrogens is 1. The van der Waals surface area contributed by atoms with Crippen LogP contribution in [0.3, 0.4) is 0 Å². The van der Waals surface area contributed by atoms with E-state index in [-0.39, 0.29) is 17.2 Å². The monoisotopic (exact) mass is 328 g/mol. The second-order valence-electron chi connectivity index (χ2n) is 4.81. The molecule has 0 fully saturated rings. The third-order valence-electron chi connectivity index (χ3n) is 3.18. The maximum absolute atomic E-state index is 12.0. The number of para-hydroxylation sites is 1. The molecule has 1 aromatic heterocycles. The lowest BCUT2D eigenvalue weighted by Gasteiger charge is -2.08. The van der Waals surface area contributed by atoms with Gasteiger partial charge in [0.05, 0.1) is 11.4 Å². The van der Waals surface area contributed by atoms with Gasteiger partial charge in [-0.05, 0) is 25.0 Å². The van der Waals surface area contributed by atoms with Crippen LogP contribution in [-0.2, 0) is 11.2 Å². The lowest BCUT2D eigenvalue weighted by Crippen LogP contribution is -2.18. The predicted molar refractivity (Wildman–Crippen MR) is 89.5 cm³/mol. The fourth-order valence-electron chi connectivity index (χ4n) is 1.97. The van der Waals surface area contributed by atoms with Crippen LogP contribution in [0, 0.1) is 18.3 Å². The molecule has 7 heteroatoms. The number of aryl methyl sites for hydroxylation is 2. The second-order valence-corrected chi connectivity index (χ2v) is 5.77. The zero-order valence-electron chi connectivity index (χ0n) is 12.8. The predicted octanol–water partition coefficient (Wildman–Crippen LogP) is 2.24. The SMILES string of the molecule is CCc1nc(SCC(=O)Nc2ccccc2C)[nH]c(=O)c1C#N. The molecular formula is C16H16N4O2S. The number of anilines is 1. The molecule has 0 saturated carbocycles. The number of nitrogens with one attached hydrogen (secondary N) is 2. The van der Waals surface area contributed by atoms with Crippen LogP contribution in [0.25, 0.3) is 0 Å². The minimum Gasteiger partial charge on any atom is -0.325 e. The Kier molecular flexibility index (Phi) is 5.55. The molecule has 0 bridgehead atoms. The van der Waals surface area contributed by atoms with Gasteiger partial charge in [0.25, 0.3) is 5.56 Å². The van der Waals surface area contributed by atoms with E-state index in [1.54, 1.807) is 0 Å². The van der Waals surface area contributed by atoms with Crippen molar-refractivity contribution in [1.29, 1.82) is 5.26 Å². The van der Waals surface area contributed by atoms with Gasteiger partial charge in [-0.25, -0.2) is 4.98 Å². The molecule has 0 aliphatic rings. The molecule has 0 spiro atoms. The van der Waals surface area contributed by atoms with E-state index in [4.69, 9.17) is 5.26 Å². The number of aromatic nitrogens is 2. The Morgan fingerprint density at radius 2 is 2.17 bits per heavy atom. The molecular weight excluding hydrogens is 312 g/mol. The van der Waals surface area contributed by atoms with E-state index in [0.717, 1.165) is 23.0 Å². The van der Waals surface area contributed by atoms with E-state index in [1.807, 2.05) is 44.2 Å². The molecule has 1 amide bonds. The highest BCUT2D eigenvalue weighted by Gasteiger charge is 2.11. The average molecular weight is 328 g/mol. The van der Waals surface area contributed by atoms with Crippen LogP contribution < -0.4 is 10.9 Å². The van der Waals surface area contributed by atoms with Crippen LogP contribution in [0.2, 0.25) is 0 Å². The standard InChI is InChI=1S/C16H16N4O2S/c1-3-12-11(8-17)15(22)20-16(19-12)23-9-14(21)18-13-7-5-4-6-10(13)2/h4-7H,3,9H2,1-2H3,(H,18,21)(H,19,20,22). The maximum Gasteiger partial charge on any atom is 0.269 e. The summed E-state index contributed by atoms with van der Waals surface area (Å²) in [6.45, 7) is 3.73. The molecule has 1 heterocycles. The quantitative estimate of drug-likeness (QED) is 0.648. The number of hydrogen-bond donors (Lipinski definition) is 2. The lowest BCUT2D eigenvalue weighted by molar-refractivity contribution is -0.113. The molecule has 0 unspecified atom stereocenters. The van der Waals surface area contributed by atoms with Gasteiger partial charge in [-0.1, -0.05) is 36.9 Å². The van der Waals surface area contributed by atoms with Crippen LogP contribution in [0.1, 0.15) is 23.7 Å². The summed E-state index contributed by atoms with van der Waals surface area (Å²) < 4.78 is 0. The first-order valence-electron chi connectivity index (χ1n) is 7.06. The van der Waals surface area contributed by atoms with Crippen molar-refractivity contribution >= 4 is 23.4 Å². The Morgan fingerprint density at radius 3 is 2.83 bits per heavy atom. The number of amides is 1. The molecule has 6 nitrogen and oxygen atoms in total. The van der Waals surface area contributed by atoms with Crippen molar-refractivity contribution in [1.82, 2.24) is 9.97 Å². The number of aromatic amines is 1. The van der Waals surface area contributed by atoms with E-state index in [0.29, 0.717) is 17.3 Å². The van der Waals surface area contributed by atoms with Crippen molar-refractivity contribution in [3.63, 3.8) is 0 Å². The summed E-state index contributed by atoms with van der Waals surface area (Å²) in [7, 11) is 0. The third kappa shape index (κ3) is 4.20. The molecule has 0 aliphatic carbocycles. The third-order valence-corrected chi connectivity index (χ3v) is 4.05. The number of benzene rings is 1. The Balaban J connectivity index is 2.05. The van der Waals surface area contributed by atoms with E-state index < -0.39 is 5.56 Å². The van der Waals surface area contributed by atoms with Crippen LogP contribution in [0.5, 0.6) is 0 Å². The van der Waals surface area contributed by atoms with Crippen LogP contribution in [0.4, 0.5) is 5.69 Å². The van der Waals surface area contributed by atoms with Crippen LogP contribution >= 0.6 is 11.8 Å². The normalized spacial score (nSPS) is 10.1. The zero-order chi connectivity index (χ0) is 16.8. The first kappa shape index (κ1) is 16.8. The van der Waals surface area contributed by atoms with E-state index in [2.05, 4.69) is 15.3 Å². The topological polar surface area (TPSA) is 98.6 Å². The Morgan fingerprint density at radius 1 is 1.43 bits per heavy atom. The smallest absolute Gasteiger partial charge is 0.269 e. The van der Waals surface area contributed by atoms with Crippen molar-refractivity contribution in [3.05, 3.63) is 51.4 Å². The fraction of sp³-hybridized carbons (Fsp3) is 0.250. The van der Waals surface area contributed by atoms with Crippen LogP contribution in [-0.4, -0.2) is 21.6 Å². The lowest BCUT2D eigenvalue weighted by atomic mass is 10.2. The molecule has 0 aliphatic heterocycles. The summed E-state index contributed by atoms with van der Waals surface area (Å²) >= 11 is 1.13. The number of nitriles is 1. The second kappa shape index (κ2) is 7.61. The van der Waals surface area contributed by atoms with Gasteiger partial charge in [-0.15, -0.1) is 0 Å². The maximum atomic E-state index is 12.0. The minimum atomic E-state index is -0.471. The fourth-order valence-corrected chi connectivity index (χ4v) is 2.65. The molecule has 118 valence electrons. The summed E-state index contributed by atoms with van der Waals surface area (Å²) in [4.78, 5) is 30.5. The Labute approximate surface area is 138 Å². The number of hydrogen-bond acceptors (Lipinski definition) is 5. The van der Waals surface area contributed by atoms with Crippen molar-refractivity contribution in [2.24, 2.45) is 0 Å². The number of carbonyl (C=O) groups excluding carboxylic acids is 1. The van der Waals surface area contributed by atoms with Crippen molar-refractivity contribution in [2.45, 2.75) is 25.4 Å². The van der Waals surface area contributed by atoms with Gasteiger partial charge in [0.15, 0.2) is 5.16 Å². The molecule has 1 aromatic carbocycles. The van der Waals surface area contributed by atoms with Crippen molar-refractivity contribution in [3.8, 4) is 6.07 Å². The number of carbonyl (C=O) groups is 1. The molecule has 23 heavy (non-hydrogen) atoms. The highest BCUT2D eigenvalue weighted by molar-refractivity contribution is 7.99.